The molecule has 10 rings (SSSR count). The molecule has 9 aromatic carbocycles. The van der Waals surface area contributed by atoms with Gasteiger partial charge < -0.3 is 4.90 Å². The van der Waals surface area contributed by atoms with Gasteiger partial charge in [0, 0.05) is 22.5 Å². The van der Waals surface area contributed by atoms with Gasteiger partial charge in [0.25, 0.3) is 0 Å². The smallest absolute Gasteiger partial charge is 0.0468 e. The van der Waals surface area contributed by atoms with Crippen LogP contribution in [0.15, 0.2) is 200 Å². The van der Waals surface area contributed by atoms with Crippen LogP contribution < -0.4 is 4.90 Å². The van der Waals surface area contributed by atoms with Gasteiger partial charge in [-0.15, -0.1) is 0 Å². The van der Waals surface area contributed by atoms with Crippen molar-refractivity contribution in [2.45, 2.75) is 19.3 Å². The molecule has 0 spiro atoms. The third-order valence-electron chi connectivity index (χ3n) is 11.5. The maximum atomic E-state index is 2.39. The Hall–Kier alpha value is -6.70. The van der Waals surface area contributed by atoms with Gasteiger partial charge in [-0.3, -0.25) is 0 Å². The lowest BCUT2D eigenvalue weighted by molar-refractivity contribution is 0.660. The molecule has 54 heavy (non-hydrogen) atoms. The molecule has 1 nitrogen and oxygen atoms in total. The van der Waals surface area contributed by atoms with Gasteiger partial charge in [0.05, 0.1) is 0 Å². The molecule has 0 heterocycles. The topological polar surface area (TPSA) is 3.24 Å². The molecule has 0 unspecified atom stereocenters. The minimum absolute atomic E-state index is 0.0317. The highest BCUT2D eigenvalue weighted by Crippen LogP contribution is 2.52. The van der Waals surface area contributed by atoms with Crippen molar-refractivity contribution < 1.29 is 0 Å². The van der Waals surface area contributed by atoms with Gasteiger partial charge in [0.2, 0.25) is 0 Å². The first kappa shape index (κ1) is 32.0. The summed E-state index contributed by atoms with van der Waals surface area (Å²) in [5.41, 5.74) is 16.2. The lowest BCUT2D eigenvalue weighted by atomic mass is 9.82. The van der Waals surface area contributed by atoms with Crippen LogP contribution in [-0.4, -0.2) is 0 Å². The van der Waals surface area contributed by atoms with Gasteiger partial charge in [-0.2, -0.15) is 0 Å². The van der Waals surface area contributed by atoms with Crippen LogP contribution in [0.4, 0.5) is 17.1 Å². The number of hydrogen-bond acceptors (Lipinski definition) is 1. The summed E-state index contributed by atoms with van der Waals surface area (Å²) in [4.78, 5) is 2.39. The zero-order valence-electron chi connectivity index (χ0n) is 30.5. The van der Waals surface area contributed by atoms with E-state index in [0.29, 0.717) is 0 Å². The molecule has 256 valence electrons. The third kappa shape index (κ3) is 5.32. The van der Waals surface area contributed by atoms with Crippen molar-refractivity contribution in [3.05, 3.63) is 211 Å². The fourth-order valence-corrected chi connectivity index (χ4v) is 8.69. The number of benzene rings is 9. The van der Waals surface area contributed by atoms with E-state index in [9.17, 15) is 0 Å². The van der Waals surface area contributed by atoms with E-state index in [1.54, 1.807) is 0 Å². The number of rotatable bonds is 6. The van der Waals surface area contributed by atoms with Gasteiger partial charge in [0.1, 0.15) is 0 Å². The Balaban J connectivity index is 1.05. The summed E-state index contributed by atoms with van der Waals surface area (Å²) in [5.74, 6) is 0. The highest BCUT2D eigenvalue weighted by Gasteiger charge is 2.36. The molecule has 0 saturated carbocycles. The van der Waals surface area contributed by atoms with Crippen molar-refractivity contribution in [1.82, 2.24) is 0 Å². The van der Waals surface area contributed by atoms with E-state index < -0.39 is 0 Å². The van der Waals surface area contributed by atoms with Gasteiger partial charge in [0.15, 0.2) is 0 Å². The molecule has 1 aliphatic carbocycles. The van der Waals surface area contributed by atoms with Crippen LogP contribution in [0.1, 0.15) is 25.0 Å². The summed E-state index contributed by atoms with van der Waals surface area (Å²) in [7, 11) is 0. The monoisotopic (exact) mass is 689 g/mol. The van der Waals surface area contributed by atoms with Gasteiger partial charge in [-0.25, -0.2) is 0 Å². The Morgan fingerprint density at radius 1 is 0.333 bits per heavy atom. The molecule has 9 aromatic rings. The lowest BCUT2D eigenvalue weighted by Gasteiger charge is -2.27. The van der Waals surface area contributed by atoms with Crippen LogP contribution in [0, 0.1) is 0 Å². The zero-order valence-corrected chi connectivity index (χ0v) is 30.5. The summed E-state index contributed by atoms with van der Waals surface area (Å²) in [6.45, 7) is 4.69. The maximum Gasteiger partial charge on any atom is 0.0468 e. The van der Waals surface area contributed by atoms with E-state index >= 15 is 0 Å². The molecular formula is C53H39N. The lowest BCUT2D eigenvalue weighted by Crippen LogP contribution is -2.14. The van der Waals surface area contributed by atoms with E-state index in [-0.39, 0.29) is 5.41 Å². The van der Waals surface area contributed by atoms with Crippen LogP contribution >= 0.6 is 0 Å². The Bertz CT molecular complexity index is 2840. The molecule has 0 bridgehead atoms. The van der Waals surface area contributed by atoms with Crippen LogP contribution in [0.25, 0.3) is 66.1 Å². The Morgan fingerprint density at radius 3 is 1.74 bits per heavy atom. The molecule has 0 amide bonds. The summed E-state index contributed by atoms with van der Waals surface area (Å²) in [6.07, 6.45) is 0. The minimum atomic E-state index is -0.0317. The summed E-state index contributed by atoms with van der Waals surface area (Å²) in [5, 5.41) is 4.99. The van der Waals surface area contributed by atoms with Gasteiger partial charge in [-0.05, 0) is 114 Å². The van der Waals surface area contributed by atoms with E-state index in [1.807, 2.05) is 0 Å². The second-order valence-electron chi connectivity index (χ2n) is 15.0. The van der Waals surface area contributed by atoms with Crippen molar-refractivity contribution in [2.24, 2.45) is 0 Å². The Kier molecular flexibility index (Phi) is 7.56. The molecule has 0 radical (unpaired) electrons. The molecule has 0 fully saturated rings. The van der Waals surface area contributed by atoms with Crippen molar-refractivity contribution in [2.75, 3.05) is 4.90 Å². The molecule has 0 atom stereocenters. The van der Waals surface area contributed by atoms with Crippen molar-refractivity contribution >= 4 is 38.6 Å². The number of anilines is 3. The molecule has 0 saturated heterocycles. The second-order valence-corrected chi connectivity index (χ2v) is 15.0. The Labute approximate surface area is 317 Å². The number of fused-ring (bicyclic) bond motifs is 5. The normalized spacial score (nSPS) is 12.8. The average Bonchev–Trinajstić information content (AvgIpc) is 3.47. The van der Waals surface area contributed by atoms with Gasteiger partial charge in [-0.1, -0.05) is 178 Å². The van der Waals surface area contributed by atoms with E-state index in [0.717, 1.165) is 17.1 Å². The van der Waals surface area contributed by atoms with Crippen molar-refractivity contribution in [1.29, 1.82) is 0 Å². The SMILES string of the molecule is CC1(C)c2ccccc2-c2c(-c3ccc(N(c4cccc(-c5ccc(-c6cccc7ccccc67)cc5)c4)c4ccc5ccccc5c4)cc3)cccc21. The quantitative estimate of drug-likeness (QED) is 0.168. The number of hydrogen-bond donors (Lipinski definition) is 0. The molecule has 0 aromatic heterocycles. The highest BCUT2D eigenvalue weighted by molar-refractivity contribution is 5.97. The molecule has 0 N–H and O–H groups in total. The van der Waals surface area contributed by atoms with Crippen LogP contribution in [0.5, 0.6) is 0 Å². The van der Waals surface area contributed by atoms with Gasteiger partial charge >= 0.3 is 0 Å². The average molecular weight is 690 g/mol. The first-order valence-electron chi connectivity index (χ1n) is 18.8. The third-order valence-corrected chi connectivity index (χ3v) is 11.5. The second kappa shape index (κ2) is 12.8. The fourth-order valence-electron chi connectivity index (χ4n) is 8.69. The van der Waals surface area contributed by atoms with Crippen LogP contribution in [0.3, 0.4) is 0 Å². The van der Waals surface area contributed by atoms with E-state index in [1.165, 1.54) is 77.2 Å². The predicted molar refractivity (Wildman–Crippen MR) is 230 cm³/mol. The molecule has 1 aliphatic rings. The summed E-state index contributed by atoms with van der Waals surface area (Å²) >= 11 is 0. The van der Waals surface area contributed by atoms with Crippen molar-refractivity contribution in [3.8, 4) is 44.5 Å². The van der Waals surface area contributed by atoms with Crippen LogP contribution in [0.2, 0.25) is 0 Å². The van der Waals surface area contributed by atoms with E-state index in [2.05, 4.69) is 219 Å². The standard InChI is InChI=1S/C53H39N/c1-53(2)50-22-8-7-19-49(50)52-48(21-11-23-51(52)53)40-29-31-43(32-30-40)54(45-33-28-36-12-3-4-14-41(36)35-45)44-17-9-16-42(34-44)37-24-26-39(27-25-37)47-20-10-15-38-13-5-6-18-46(38)47/h3-35H,1-2H3. The zero-order chi connectivity index (χ0) is 36.2. The van der Waals surface area contributed by atoms with Crippen molar-refractivity contribution in [3.63, 3.8) is 0 Å². The number of nitrogens with zero attached hydrogens (tertiary/aromatic N) is 1. The first-order chi connectivity index (χ1) is 26.5. The minimum Gasteiger partial charge on any atom is -0.310 e. The first-order valence-corrected chi connectivity index (χ1v) is 18.8. The molecule has 1 heteroatoms. The van der Waals surface area contributed by atoms with E-state index in [4.69, 9.17) is 0 Å². The molecular weight excluding hydrogens is 651 g/mol. The fraction of sp³-hybridized carbons (Fsp3) is 0.0566. The Morgan fingerprint density at radius 2 is 0.889 bits per heavy atom. The maximum absolute atomic E-state index is 2.39. The molecule has 0 aliphatic heterocycles. The summed E-state index contributed by atoms with van der Waals surface area (Å²) in [6, 6.07) is 73.3. The van der Waals surface area contributed by atoms with Crippen LogP contribution in [-0.2, 0) is 5.41 Å². The largest absolute Gasteiger partial charge is 0.310 e. The predicted octanol–water partition coefficient (Wildman–Crippen LogP) is 14.8. The summed E-state index contributed by atoms with van der Waals surface area (Å²) < 4.78 is 0. The highest BCUT2D eigenvalue weighted by atomic mass is 15.1.